The lowest BCUT2D eigenvalue weighted by Gasteiger charge is -2.01. The van der Waals surface area contributed by atoms with E-state index in [2.05, 4.69) is 4.74 Å². The SMILES string of the molecule is COCC(=O)NC(=O)C(Cl)Cl. The largest absolute Gasteiger partial charge is 0.375 e. The van der Waals surface area contributed by atoms with E-state index in [1.165, 1.54) is 7.11 Å². The molecular formula is C5H7Cl2NO3. The minimum Gasteiger partial charge on any atom is -0.375 e. The average Bonchev–Trinajstić information content (AvgIpc) is 1.87. The van der Waals surface area contributed by atoms with Crippen LogP contribution in [0.3, 0.4) is 0 Å². The monoisotopic (exact) mass is 199 g/mol. The number of nitrogens with one attached hydrogen (secondary N) is 1. The van der Waals surface area contributed by atoms with Gasteiger partial charge in [0.25, 0.3) is 11.8 Å². The molecule has 0 fully saturated rings. The van der Waals surface area contributed by atoms with Gasteiger partial charge in [-0.2, -0.15) is 0 Å². The van der Waals surface area contributed by atoms with E-state index >= 15 is 0 Å². The van der Waals surface area contributed by atoms with E-state index in [1.807, 2.05) is 5.32 Å². The molecule has 6 heteroatoms. The fourth-order valence-corrected chi connectivity index (χ4v) is 0.468. The first-order valence-corrected chi connectivity index (χ1v) is 3.56. The maximum atomic E-state index is 10.6. The Morgan fingerprint density at radius 3 is 2.45 bits per heavy atom. The topological polar surface area (TPSA) is 55.4 Å². The van der Waals surface area contributed by atoms with Gasteiger partial charge in [-0.05, 0) is 0 Å². The van der Waals surface area contributed by atoms with Crippen LogP contribution in [0, 0.1) is 0 Å². The van der Waals surface area contributed by atoms with E-state index in [0.717, 1.165) is 0 Å². The molecule has 0 saturated heterocycles. The fraction of sp³-hybridized carbons (Fsp3) is 0.600. The molecule has 0 atom stereocenters. The molecule has 0 radical (unpaired) electrons. The predicted octanol–water partition coefficient (Wildman–Crippen LogP) is 0.0793. The molecule has 0 aromatic carbocycles. The van der Waals surface area contributed by atoms with Crippen molar-refractivity contribution < 1.29 is 14.3 Å². The molecule has 0 aliphatic rings. The summed E-state index contributed by atoms with van der Waals surface area (Å²) >= 11 is 10.3. The minimum atomic E-state index is -1.23. The van der Waals surface area contributed by atoms with E-state index in [4.69, 9.17) is 23.2 Å². The number of alkyl halides is 2. The van der Waals surface area contributed by atoms with Crippen molar-refractivity contribution in [2.75, 3.05) is 13.7 Å². The zero-order valence-electron chi connectivity index (χ0n) is 5.77. The highest BCUT2D eigenvalue weighted by molar-refractivity contribution is 6.54. The van der Waals surface area contributed by atoms with Crippen molar-refractivity contribution in [2.45, 2.75) is 4.84 Å². The van der Waals surface area contributed by atoms with Gasteiger partial charge in [0.1, 0.15) is 6.61 Å². The zero-order valence-corrected chi connectivity index (χ0v) is 7.28. The summed E-state index contributed by atoms with van der Waals surface area (Å²) < 4.78 is 4.43. The highest BCUT2D eigenvalue weighted by Gasteiger charge is 2.13. The van der Waals surface area contributed by atoms with Crippen molar-refractivity contribution in [1.82, 2.24) is 5.32 Å². The molecule has 0 aliphatic carbocycles. The van der Waals surface area contributed by atoms with E-state index in [-0.39, 0.29) is 6.61 Å². The molecule has 0 rings (SSSR count). The van der Waals surface area contributed by atoms with Crippen molar-refractivity contribution in [3.63, 3.8) is 0 Å². The first kappa shape index (κ1) is 10.7. The summed E-state index contributed by atoms with van der Waals surface area (Å²) in [5.74, 6) is -1.31. The minimum absolute atomic E-state index is 0.188. The van der Waals surface area contributed by atoms with Gasteiger partial charge >= 0.3 is 0 Å². The van der Waals surface area contributed by atoms with Gasteiger partial charge in [0.2, 0.25) is 0 Å². The van der Waals surface area contributed by atoms with Crippen LogP contribution in [-0.2, 0) is 14.3 Å². The predicted molar refractivity (Wildman–Crippen MR) is 40.5 cm³/mol. The Kier molecular flexibility index (Phi) is 5.19. The number of rotatable bonds is 3. The summed E-state index contributed by atoms with van der Waals surface area (Å²) in [6.07, 6.45) is 0. The molecule has 0 spiro atoms. The van der Waals surface area contributed by atoms with E-state index in [9.17, 15) is 9.59 Å². The van der Waals surface area contributed by atoms with Gasteiger partial charge in [-0.25, -0.2) is 0 Å². The zero-order chi connectivity index (χ0) is 8.85. The van der Waals surface area contributed by atoms with E-state index in [0.29, 0.717) is 0 Å². The summed E-state index contributed by atoms with van der Waals surface area (Å²) in [7, 11) is 1.34. The smallest absolute Gasteiger partial charge is 0.259 e. The van der Waals surface area contributed by atoms with Gasteiger partial charge < -0.3 is 4.74 Å². The van der Waals surface area contributed by atoms with Crippen LogP contribution in [-0.4, -0.2) is 30.4 Å². The van der Waals surface area contributed by atoms with E-state index < -0.39 is 16.7 Å². The van der Waals surface area contributed by atoms with Crippen molar-refractivity contribution in [1.29, 1.82) is 0 Å². The number of halogens is 2. The third-order valence-corrected chi connectivity index (χ3v) is 1.13. The molecule has 0 aromatic rings. The molecule has 0 heterocycles. The fourth-order valence-electron chi connectivity index (χ4n) is 0.359. The summed E-state index contributed by atoms with van der Waals surface area (Å²) in [6.45, 7) is -0.188. The Morgan fingerprint density at radius 1 is 1.55 bits per heavy atom. The second kappa shape index (κ2) is 5.35. The first-order valence-electron chi connectivity index (χ1n) is 2.68. The van der Waals surface area contributed by atoms with Crippen LogP contribution in [0.2, 0.25) is 0 Å². The summed E-state index contributed by atoms with van der Waals surface area (Å²) in [5, 5.41) is 1.91. The number of carbonyl (C=O) groups excluding carboxylic acids is 2. The molecule has 2 amide bonds. The number of ether oxygens (including phenoxy) is 1. The number of carbonyl (C=O) groups is 2. The van der Waals surface area contributed by atoms with E-state index in [1.54, 1.807) is 0 Å². The van der Waals surface area contributed by atoms with Crippen LogP contribution >= 0.6 is 23.2 Å². The molecule has 64 valence electrons. The van der Waals surface area contributed by atoms with Crippen LogP contribution in [0.5, 0.6) is 0 Å². The number of hydrogen-bond acceptors (Lipinski definition) is 3. The Labute approximate surface area is 73.8 Å². The van der Waals surface area contributed by atoms with Gasteiger partial charge in [-0.15, -0.1) is 0 Å². The average molecular weight is 200 g/mol. The first-order chi connectivity index (χ1) is 5.07. The lowest BCUT2D eigenvalue weighted by molar-refractivity contribution is -0.131. The third kappa shape index (κ3) is 5.01. The Morgan fingerprint density at radius 2 is 2.09 bits per heavy atom. The van der Waals surface area contributed by atoms with Crippen molar-refractivity contribution in [3.05, 3.63) is 0 Å². The Hall–Kier alpha value is -0.320. The summed E-state index contributed by atoms with van der Waals surface area (Å²) in [4.78, 5) is 19.9. The van der Waals surface area contributed by atoms with Crippen LogP contribution in [0.15, 0.2) is 0 Å². The van der Waals surface area contributed by atoms with Gasteiger partial charge in [0, 0.05) is 7.11 Å². The number of hydrogen-bond donors (Lipinski definition) is 1. The molecule has 0 aromatic heterocycles. The van der Waals surface area contributed by atoms with Gasteiger partial charge in [0.05, 0.1) is 0 Å². The van der Waals surface area contributed by atoms with Crippen LogP contribution < -0.4 is 5.32 Å². The number of imide groups is 1. The van der Waals surface area contributed by atoms with Crippen molar-refractivity contribution >= 4 is 35.0 Å². The third-order valence-electron chi connectivity index (χ3n) is 0.736. The number of amides is 2. The molecular weight excluding hydrogens is 193 g/mol. The van der Waals surface area contributed by atoms with Crippen LogP contribution in [0.1, 0.15) is 0 Å². The van der Waals surface area contributed by atoms with Crippen LogP contribution in [0.25, 0.3) is 0 Å². The maximum absolute atomic E-state index is 10.6. The second-order valence-corrected chi connectivity index (χ2v) is 2.74. The highest BCUT2D eigenvalue weighted by atomic mass is 35.5. The maximum Gasteiger partial charge on any atom is 0.259 e. The quantitative estimate of drug-likeness (QED) is 0.656. The summed E-state index contributed by atoms with van der Waals surface area (Å²) in [6, 6.07) is 0. The second-order valence-electron chi connectivity index (χ2n) is 1.65. The summed E-state index contributed by atoms with van der Waals surface area (Å²) in [5.41, 5.74) is 0. The van der Waals surface area contributed by atoms with Gasteiger partial charge in [-0.3, -0.25) is 14.9 Å². The Bertz CT molecular complexity index is 160. The molecule has 0 saturated carbocycles. The molecule has 0 aliphatic heterocycles. The Balaban J connectivity index is 3.67. The van der Waals surface area contributed by atoms with Crippen LogP contribution in [0.4, 0.5) is 0 Å². The van der Waals surface area contributed by atoms with Crippen molar-refractivity contribution in [2.24, 2.45) is 0 Å². The van der Waals surface area contributed by atoms with Crippen molar-refractivity contribution in [3.8, 4) is 0 Å². The van der Waals surface area contributed by atoms with Gasteiger partial charge in [0.15, 0.2) is 4.84 Å². The standard InChI is InChI=1S/C5H7Cl2NO3/c1-11-2-3(9)8-5(10)4(6)7/h4H,2H2,1H3,(H,8,9,10). The molecule has 11 heavy (non-hydrogen) atoms. The molecule has 1 N–H and O–H groups in total. The lowest BCUT2D eigenvalue weighted by atomic mass is 10.6. The highest BCUT2D eigenvalue weighted by Crippen LogP contribution is 1.99. The van der Waals surface area contributed by atoms with Gasteiger partial charge in [-0.1, -0.05) is 23.2 Å². The lowest BCUT2D eigenvalue weighted by Crippen LogP contribution is -2.36. The number of methoxy groups -OCH3 is 1. The molecule has 0 unspecified atom stereocenters. The normalized spacial score (nSPS) is 9.82. The molecule has 0 bridgehead atoms. The molecule has 4 nitrogen and oxygen atoms in total.